The predicted octanol–water partition coefficient (Wildman–Crippen LogP) is 2.87. The molecule has 2 aromatic heterocycles. The van der Waals surface area contributed by atoms with Gasteiger partial charge in [-0.1, -0.05) is 0 Å². The van der Waals surface area contributed by atoms with Crippen molar-refractivity contribution in [2.45, 2.75) is 32.8 Å². The van der Waals surface area contributed by atoms with Gasteiger partial charge in [0, 0.05) is 12.4 Å². The normalized spacial score (nSPS) is 11.4. The molecule has 0 bridgehead atoms. The van der Waals surface area contributed by atoms with E-state index >= 15 is 0 Å². The lowest BCUT2D eigenvalue weighted by atomic mass is 10.2. The minimum absolute atomic E-state index is 0.496. The van der Waals surface area contributed by atoms with Gasteiger partial charge in [-0.25, -0.2) is 9.78 Å². The van der Waals surface area contributed by atoms with E-state index in [4.69, 9.17) is 17.0 Å². The molecule has 1 amide bonds. The van der Waals surface area contributed by atoms with Gasteiger partial charge in [0.1, 0.15) is 11.4 Å². The number of nitrogens with zero attached hydrogens (tertiary/aromatic N) is 3. The molecule has 0 fully saturated rings. The average molecular weight is 327 g/mol. The fourth-order valence-electron chi connectivity index (χ4n) is 1.54. The molecule has 0 aliphatic heterocycles. The maximum Gasteiger partial charge on any atom is 0.413 e. The number of hydrogen-bond acceptors (Lipinski definition) is 6. The number of H-pyrrole nitrogens is 1. The van der Waals surface area contributed by atoms with E-state index in [1.165, 1.54) is 11.3 Å². The second-order valence-corrected chi connectivity index (χ2v) is 6.70. The molecular formula is C12H17N5O2S2. The molecule has 2 N–H and O–H groups in total. The third-order valence-electron chi connectivity index (χ3n) is 2.47. The van der Waals surface area contributed by atoms with E-state index in [1.807, 2.05) is 33.2 Å². The lowest BCUT2D eigenvalue weighted by Crippen LogP contribution is -2.27. The summed E-state index contributed by atoms with van der Waals surface area (Å²) in [6.45, 7) is 5.43. The van der Waals surface area contributed by atoms with Crippen LogP contribution in [0.2, 0.25) is 0 Å². The number of aromatic amines is 1. The van der Waals surface area contributed by atoms with E-state index in [1.54, 1.807) is 4.57 Å². The lowest BCUT2D eigenvalue weighted by Gasteiger charge is -2.18. The number of carbonyl (C=O) groups is 1. The predicted molar refractivity (Wildman–Crippen MR) is 83.2 cm³/mol. The quantitative estimate of drug-likeness (QED) is 0.847. The molecule has 0 aromatic carbocycles. The molecule has 0 saturated carbocycles. The SMILES string of the molecule is Cn1c(Cc2csc(NC(=O)OC(C)(C)C)n2)n[nH]c1=S. The Balaban J connectivity index is 2.00. The Morgan fingerprint density at radius 1 is 1.57 bits per heavy atom. The first-order chi connectivity index (χ1) is 9.74. The van der Waals surface area contributed by atoms with Crippen molar-refractivity contribution in [2.75, 3.05) is 5.32 Å². The van der Waals surface area contributed by atoms with Gasteiger partial charge in [0.15, 0.2) is 9.90 Å². The first-order valence-electron chi connectivity index (χ1n) is 6.29. The number of hydrogen-bond donors (Lipinski definition) is 2. The third-order valence-corrected chi connectivity index (χ3v) is 3.64. The average Bonchev–Trinajstić information content (AvgIpc) is 2.89. The summed E-state index contributed by atoms with van der Waals surface area (Å²) in [6, 6.07) is 0. The van der Waals surface area contributed by atoms with Crippen LogP contribution >= 0.6 is 23.6 Å². The molecule has 0 unspecified atom stereocenters. The summed E-state index contributed by atoms with van der Waals surface area (Å²) in [6.07, 6.45) is 0.0254. The molecule has 0 aliphatic rings. The van der Waals surface area contributed by atoms with Crippen molar-refractivity contribution < 1.29 is 9.53 Å². The smallest absolute Gasteiger partial charge is 0.413 e. The van der Waals surface area contributed by atoms with Gasteiger partial charge in [-0.15, -0.1) is 11.3 Å². The highest BCUT2D eigenvalue weighted by molar-refractivity contribution is 7.71. The molecule has 21 heavy (non-hydrogen) atoms. The molecular weight excluding hydrogens is 310 g/mol. The minimum Gasteiger partial charge on any atom is -0.444 e. The Kier molecular flexibility index (Phi) is 4.43. The molecule has 0 radical (unpaired) electrons. The fraction of sp³-hybridized carbons (Fsp3) is 0.500. The molecule has 2 heterocycles. The summed E-state index contributed by atoms with van der Waals surface area (Å²) >= 11 is 6.40. The number of ether oxygens (including phenoxy) is 1. The van der Waals surface area contributed by atoms with E-state index in [2.05, 4.69) is 20.5 Å². The largest absolute Gasteiger partial charge is 0.444 e. The summed E-state index contributed by atoms with van der Waals surface area (Å²) in [4.78, 5) is 16.0. The van der Waals surface area contributed by atoms with Gasteiger partial charge in [-0.05, 0) is 33.0 Å². The topological polar surface area (TPSA) is 84.8 Å². The standard InChI is InChI=1S/C12H17N5O2S2/c1-12(2,3)19-11(18)14-9-13-7(6-21-9)5-8-15-16-10(20)17(8)4/h6H,5H2,1-4H3,(H,16,20)(H,13,14,18). The van der Waals surface area contributed by atoms with Gasteiger partial charge in [-0.2, -0.15) is 5.10 Å². The van der Waals surface area contributed by atoms with Crippen molar-refractivity contribution in [2.24, 2.45) is 7.05 Å². The molecule has 9 heteroatoms. The van der Waals surface area contributed by atoms with E-state index < -0.39 is 11.7 Å². The van der Waals surface area contributed by atoms with Crippen LogP contribution in [0, 0.1) is 4.77 Å². The van der Waals surface area contributed by atoms with Gasteiger partial charge in [0.25, 0.3) is 0 Å². The van der Waals surface area contributed by atoms with Crippen LogP contribution in [0.3, 0.4) is 0 Å². The highest BCUT2D eigenvalue weighted by Gasteiger charge is 2.17. The van der Waals surface area contributed by atoms with E-state index in [9.17, 15) is 4.79 Å². The zero-order valence-electron chi connectivity index (χ0n) is 12.3. The summed E-state index contributed by atoms with van der Waals surface area (Å²) in [5, 5.41) is 11.8. The summed E-state index contributed by atoms with van der Waals surface area (Å²) < 4.78 is 7.52. The minimum atomic E-state index is -0.535. The molecule has 0 aliphatic carbocycles. The first-order valence-corrected chi connectivity index (χ1v) is 7.58. The second kappa shape index (κ2) is 5.94. The monoisotopic (exact) mass is 327 g/mol. The van der Waals surface area contributed by atoms with Gasteiger partial charge >= 0.3 is 6.09 Å². The van der Waals surface area contributed by atoms with Crippen LogP contribution < -0.4 is 5.32 Å². The lowest BCUT2D eigenvalue weighted by molar-refractivity contribution is 0.0636. The van der Waals surface area contributed by atoms with E-state index in [0.29, 0.717) is 16.3 Å². The number of anilines is 1. The number of carbonyl (C=O) groups excluding carboxylic acids is 1. The van der Waals surface area contributed by atoms with E-state index in [-0.39, 0.29) is 0 Å². The van der Waals surface area contributed by atoms with Gasteiger partial charge in [-0.3, -0.25) is 10.4 Å². The molecule has 2 aromatic rings. The van der Waals surface area contributed by atoms with E-state index in [0.717, 1.165) is 11.5 Å². The van der Waals surface area contributed by atoms with Crippen LogP contribution in [-0.4, -0.2) is 31.4 Å². The zero-order chi connectivity index (χ0) is 15.6. The van der Waals surface area contributed by atoms with Crippen molar-refractivity contribution >= 4 is 34.8 Å². The van der Waals surface area contributed by atoms with Crippen LogP contribution in [0.4, 0.5) is 9.93 Å². The summed E-state index contributed by atoms with van der Waals surface area (Å²) in [5.74, 6) is 0.786. The number of nitrogens with one attached hydrogen (secondary N) is 2. The summed E-state index contributed by atoms with van der Waals surface area (Å²) in [5.41, 5.74) is 0.274. The Bertz CT molecular complexity index is 695. The molecule has 0 saturated heterocycles. The number of rotatable bonds is 3. The van der Waals surface area contributed by atoms with Crippen molar-refractivity contribution in [3.63, 3.8) is 0 Å². The Morgan fingerprint density at radius 2 is 2.29 bits per heavy atom. The van der Waals surface area contributed by atoms with Gasteiger partial charge in [0.05, 0.1) is 12.1 Å². The van der Waals surface area contributed by atoms with Crippen LogP contribution in [0.5, 0.6) is 0 Å². The number of thiazole rings is 1. The van der Waals surface area contributed by atoms with Crippen LogP contribution in [0.15, 0.2) is 5.38 Å². The van der Waals surface area contributed by atoms with Crippen molar-refractivity contribution in [1.29, 1.82) is 0 Å². The highest BCUT2D eigenvalue weighted by atomic mass is 32.1. The van der Waals surface area contributed by atoms with Crippen molar-refractivity contribution in [3.05, 3.63) is 21.7 Å². The van der Waals surface area contributed by atoms with Crippen LogP contribution in [0.1, 0.15) is 32.3 Å². The maximum absolute atomic E-state index is 11.7. The summed E-state index contributed by atoms with van der Waals surface area (Å²) in [7, 11) is 1.84. The molecule has 7 nitrogen and oxygen atoms in total. The zero-order valence-corrected chi connectivity index (χ0v) is 13.9. The number of aromatic nitrogens is 4. The Labute approximate surface area is 131 Å². The molecule has 0 spiro atoms. The second-order valence-electron chi connectivity index (χ2n) is 5.45. The fourth-order valence-corrected chi connectivity index (χ4v) is 2.38. The first kappa shape index (κ1) is 15.6. The van der Waals surface area contributed by atoms with Gasteiger partial charge in [0.2, 0.25) is 0 Å². The number of amides is 1. The van der Waals surface area contributed by atoms with Crippen LogP contribution in [0.25, 0.3) is 0 Å². The molecule has 0 atom stereocenters. The molecule has 2 rings (SSSR count). The Morgan fingerprint density at radius 3 is 2.86 bits per heavy atom. The third kappa shape index (κ3) is 4.36. The highest BCUT2D eigenvalue weighted by Crippen LogP contribution is 2.18. The Hall–Kier alpha value is -1.74. The van der Waals surface area contributed by atoms with Crippen molar-refractivity contribution in [1.82, 2.24) is 19.7 Å². The van der Waals surface area contributed by atoms with Crippen LogP contribution in [-0.2, 0) is 18.2 Å². The van der Waals surface area contributed by atoms with Crippen molar-refractivity contribution in [3.8, 4) is 0 Å². The van der Waals surface area contributed by atoms with Gasteiger partial charge < -0.3 is 9.30 Å². The maximum atomic E-state index is 11.7. The molecule has 114 valence electrons.